The predicted molar refractivity (Wildman–Crippen MR) is 76.2 cm³/mol. The minimum absolute atomic E-state index is 0.211. The normalized spacial score (nSPS) is 10.8. The molecule has 2 rings (SSSR count). The molecule has 0 aliphatic heterocycles. The summed E-state index contributed by atoms with van der Waals surface area (Å²) in [6.07, 6.45) is 2.92. The third-order valence-electron chi connectivity index (χ3n) is 2.61. The van der Waals surface area contributed by atoms with Gasteiger partial charge >= 0.3 is 5.97 Å². The Bertz CT molecular complexity index is 630. The van der Waals surface area contributed by atoms with Crippen molar-refractivity contribution in [3.05, 3.63) is 34.3 Å². The molecule has 0 fully saturated rings. The molecule has 0 atom stereocenters. The van der Waals surface area contributed by atoms with Crippen LogP contribution in [0.3, 0.4) is 0 Å². The van der Waals surface area contributed by atoms with E-state index in [4.69, 9.17) is 5.11 Å². The van der Waals surface area contributed by atoms with Crippen LogP contribution in [0.1, 0.15) is 34.3 Å². The molecular formula is C13H15N3O3S. The lowest BCUT2D eigenvalue weighted by atomic mass is 10.2. The average molecular weight is 293 g/mol. The Morgan fingerprint density at radius 1 is 1.45 bits per heavy atom. The fourth-order valence-electron chi connectivity index (χ4n) is 1.63. The second-order valence-corrected chi connectivity index (χ2v) is 5.75. The first kappa shape index (κ1) is 14.3. The van der Waals surface area contributed by atoms with Gasteiger partial charge in [-0.15, -0.1) is 11.3 Å². The van der Waals surface area contributed by atoms with Crippen molar-refractivity contribution < 1.29 is 14.7 Å². The lowest BCUT2D eigenvalue weighted by Gasteiger charge is -2.00. The van der Waals surface area contributed by atoms with Crippen LogP contribution in [-0.2, 0) is 11.3 Å². The quantitative estimate of drug-likeness (QED) is 0.886. The van der Waals surface area contributed by atoms with Crippen molar-refractivity contribution in [3.63, 3.8) is 0 Å². The number of aliphatic carboxylic acids is 1. The molecule has 0 spiro atoms. The van der Waals surface area contributed by atoms with E-state index in [1.807, 2.05) is 6.07 Å². The molecule has 2 heterocycles. The Labute approximate surface area is 120 Å². The number of carbonyl (C=O) groups is 2. The molecule has 0 aliphatic carbocycles. The van der Waals surface area contributed by atoms with Crippen LogP contribution in [0.15, 0.2) is 24.5 Å². The molecule has 6 nitrogen and oxygen atoms in total. The van der Waals surface area contributed by atoms with Crippen LogP contribution in [0.5, 0.6) is 0 Å². The van der Waals surface area contributed by atoms with Crippen molar-refractivity contribution in [2.75, 3.05) is 5.32 Å². The summed E-state index contributed by atoms with van der Waals surface area (Å²) in [5.74, 6) is -0.803. The number of amides is 1. The Morgan fingerprint density at radius 2 is 2.20 bits per heavy atom. The molecule has 0 unspecified atom stereocenters. The molecule has 0 aromatic carbocycles. The van der Waals surface area contributed by atoms with Gasteiger partial charge in [-0.3, -0.25) is 14.3 Å². The molecule has 1 amide bonds. The van der Waals surface area contributed by atoms with Gasteiger partial charge in [0.15, 0.2) is 0 Å². The number of nitrogens with one attached hydrogen (secondary N) is 1. The third-order valence-corrected chi connectivity index (χ3v) is 3.99. The van der Waals surface area contributed by atoms with Crippen molar-refractivity contribution >= 4 is 28.9 Å². The van der Waals surface area contributed by atoms with Crippen molar-refractivity contribution in [1.29, 1.82) is 0 Å². The van der Waals surface area contributed by atoms with E-state index in [0.717, 1.165) is 4.88 Å². The van der Waals surface area contributed by atoms with Gasteiger partial charge in [-0.25, -0.2) is 0 Å². The average Bonchev–Trinajstić information content (AvgIpc) is 2.97. The van der Waals surface area contributed by atoms with Crippen LogP contribution in [-0.4, -0.2) is 26.8 Å². The summed E-state index contributed by atoms with van der Waals surface area (Å²) < 4.78 is 1.26. The van der Waals surface area contributed by atoms with Gasteiger partial charge in [0.25, 0.3) is 5.91 Å². The number of nitrogens with zero attached hydrogens (tertiary/aromatic N) is 2. The molecule has 0 saturated carbocycles. The summed E-state index contributed by atoms with van der Waals surface area (Å²) >= 11 is 1.45. The number of carbonyl (C=O) groups excluding carboxylic acids is 1. The van der Waals surface area contributed by atoms with Gasteiger partial charge in [-0.2, -0.15) is 5.10 Å². The van der Waals surface area contributed by atoms with Crippen LogP contribution >= 0.6 is 11.3 Å². The molecule has 0 radical (unpaired) electrons. The van der Waals surface area contributed by atoms with Crippen LogP contribution < -0.4 is 5.32 Å². The molecule has 0 aliphatic rings. The van der Waals surface area contributed by atoms with Gasteiger partial charge in [0, 0.05) is 11.1 Å². The van der Waals surface area contributed by atoms with E-state index >= 15 is 0 Å². The molecule has 2 aromatic rings. The molecule has 0 saturated heterocycles. The molecular weight excluding hydrogens is 278 g/mol. The summed E-state index contributed by atoms with van der Waals surface area (Å²) in [6.45, 7) is 3.92. The van der Waals surface area contributed by atoms with Gasteiger partial charge in [-0.05, 0) is 18.1 Å². The molecule has 2 aromatic heterocycles. The molecule has 106 valence electrons. The first-order valence-corrected chi connectivity index (χ1v) is 6.92. The van der Waals surface area contributed by atoms with E-state index in [0.29, 0.717) is 16.5 Å². The van der Waals surface area contributed by atoms with Gasteiger partial charge in [0.1, 0.15) is 6.54 Å². The largest absolute Gasteiger partial charge is 0.480 e. The lowest BCUT2D eigenvalue weighted by Crippen LogP contribution is -2.10. The SMILES string of the molecule is CC(C)c1ccc(C(=O)Nc2cnn(CC(=O)O)c2)s1. The number of carboxylic acids is 1. The molecule has 0 bridgehead atoms. The van der Waals surface area contributed by atoms with E-state index in [2.05, 4.69) is 24.3 Å². The Kier molecular flexibility index (Phi) is 4.19. The van der Waals surface area contributed by atoms with Gasteiger partial charge < -0.3 is 10.4 Å². The van der Waals surface area contributed by atoms with Crippen molar-refractivity contribution in [2.45, 2.75) is 26.3 Å². The maximum atomic E-state index is 12.0. The van der Waals surface area contributed by atoms with Crippen LogP contribution in [0.25, 0.3) is 0 Å². The maximum Gasteiger partial charge on any atom is 0.325 e. The molecule has 2 N–H and O–H groups in total. The van der Waals surface area contributed by atoms with Crippen molar-refractivity contribution in [2.24, 2.45) is 0 Å². The predicted octanol–water partition coefficient (Wildman–Crippen LogP) is 2.40. The van der Waals surface area contributed by atoms with E-state index < -0.39 is 5.97 Å². The number of anilines is 1. The smallest absolute Gasteiger partial charge is 0.325 e. The topological polar surface area (TPSA) is 84.2 Å². The Hall–Kier alpha value is -2.15. The van der Waals surface area contributed by atoms with E-state index in [1.165, 1.54) is 28.4 Å². The minimum atomic E-state index is -0.981. The Balaban J connectivity index is 2.03. The second-order valence-electron chi connectivity index (χ2n) is 4.63. The zero-order valence-electron chi connectivity index (χ0n) is 11.2. The van der Waals surface area contributed by atoms with E-state index in [9.17, 15) is 9.59 Å². The molecule has 7 heteroatoms. The first-order valence-electron chi connectivity index (χ1n) is 6.11. The highest BCUT2D eigenvalue weighted by Gasteiger charge is 2.12. The van der Waals surface area contributed by atoms with Crippen LogP contribution in [0.4, 0.5) is 5.69 Å². The number of thiophene rings is 1. The first-order chi connectivity index (χ1) is 9.45. The number of hydrogen-bond donors (Lipinski definition) is 2. The standard InChI is InChI=1S/C13H15N3O3S/c1-8(2)10-3-4-11(20-10)13(19)15-9-5-14-16(6-9)7-12(17)18/h3-6,8H,7H2,1-2H3,(H,15,19)(H,17,18). The van der Waals surface area contributed by atoms with Crippen LogP contribution in [0, 0.1) is 0 Å². The monoisotopic (exact) mass is 293 g/mol. The second kappa shape index (κ2) is 5.87. The highest BCUT2D eigenvalue weighted by molar-refractivity contribution is 7.14. The van der Waals surface area contributed by atoms with Crippen molar-refractivity contribution in [1.82, 2.24) is 9.78 Å². The van der Waals surface area contributed by atoms with Gasteiger partial charge in [0.2, 0.25) is 0 Å². The highest BCUT2D eigenvalue weighted by Crippen LogP contribution is 2.24. The van der Waals surface area contributed by atoms with Crippen LogP contribution in [0.2, 0.25) is 0 Å². The fourth-order valence-corrected chi connectivity index (χ4v) is 2.54. The third kappa shape index (κ3) is 3.45. The van der Waals surface area contributed by atoms with Gasteiger partial charge in [0.05, 0.1) is 16.8 Å². The fraction of sp³-hybridized carbons (Fsp3) is 0.308. The summed E-state index contributed by atoms with van der Waals surface area (Å²) in [5, 5.41) is 15.2. The molecule has 20 heavy (non-hydrogen) atoms. The number of hydrogen-bond acceptors (Lipinski definition) is 4. The Morgan fingerprint density at radius 3 is 2.80 bits per heavy atom. The van der Waals surface area contributed by atoms with E-state index in [-0.39, 0.29) is 12.5 Å². The van der Waals surface area contributed by atoms with E-state index in [1.54, 1.807) is 6.07 Å². The summed E-state index contributed by atoms with van der Waals surface area (Å²) in [7, 11) is 0. The maximum absolute atomic E-state index is 12.0. The number of rotatable bonds is 5. The van der Waals surface area contributed by atoms with Crippen molar-refractivity contribution in [3.8, 4) is 0 Å². The number of carboxylic acid groups (broad SMARTS) is 1. The number of aromatic nitrogens is 2. The summed E-state index contributed by atoms with van der Waals surface area (Å²) in [4.78, 5) is 24.3. The highest BCUT2D eigenvalue weighted by atomic mass is 32.1. The zero-order chi connectivity index (χ0) is 14.7. The van der Waals surface area contributed by atoms with Gasteiger partial charge in [-0.1, -0.05) is 13.8 Å². The minimum Gasteiger partial charge on any atom is -0.480 e. The zero-order valence-corrected chi connectivity index (χ0v) is 12.0. The lowest BCUT2D eigenvalue weighted by molar-refractivity contribution is -0.137. The summed E-state index contributed by atoms with van der Waals surface area (Å²) in [6, 6.07) is 3.73. The summed E-state index contributed by atoms with van der Waals surface area (Å²) in [5.41, 5.74) is 0.482.